The molecule has 5 rings (SSSR count). The summed E-state index contributed by atoms with van der Waals surface area (Å²) in [6.07, 6.45) is 6.44. The Morgan fingerprint density at radius 3 is 2.58 bits per heavy atom. The number of ether oxygens (including phenoxy) is 1. The minimum atomic E-state index is -4.81. The van der Waals surface area contributed by atoms with Gasteiger partial charge in [-0.3, -0.25) is 14.1 Å². The van der Waals surface area contributed by atoms with E-state index in [-0.39, 0.29) is 67.4 Å². The van der Waals surface area contributed by atoms with Gasteiger partial charge in [0.15, 0.2) is 18.1 Å². The second-order valence-electron chi connectivity index (χ2n) is 11.7. The van der Waals surface area contributed by atoms with Crippen LogP contribution in [0.4, 0.5) is 0 Å². The number of allylic oxidation sites excluding steroid dienone is 4. The van der Waals surface area contributed by atoms with Crippen molar-refractivity contribution in [2.24, 2.45) is 28.6 Å². The van der Waals surface area contributed by atoms with Crippen LogP contribution in [0.2, 0.25) is 0 Å². The number of aliphatic hydroxyl groups excluding tert-OH is 1. The molecule has 7 atom stereocenters. The summed E-state index contributed by atoms with van der Waals surface area (Å²) < 4.78 is 37.2. The van der Waals surface area contributed by atoms with Crippen molar-refractivity contribution in [2.75, 3.05) is 6.61 Å². The number of esters is 1. The van der Waals surface area contributed by atoms with Crippen LogP contribution >= 0.6 is 0 Å². The van der Waals surface area contributed by atoms with Crippen molar-refractivity contribution >= 4 is 27.7 Å². The maximum absolute atomic E-state index is 13.4. The zero-order chi connectivity index (χ0) is 28.5. The summed E-state index contributed by atoms with van der Waals surface area (Å²) in [5, 5.41) is 33.3. The molecule has 0 radical (unpaired) electrons. The quantitative estimate of drug-likeness (QED) is 0.200. The van der Waals surface area contributed by atoms with Crippen molar-refractivity contribution in [3.05, 3.63) is 47.6 Å². The molecule has 1 aromatic carbocycles. The largest absolute Gasteiger partial charge is 1.00 e. The molecule has 12 heteroatoms. The summed E-state index contributed by atoms with van der Waals surface area (Å²) in [6.45, 7) is 2.99. The van der Waals surface area contributed by atoms with E-state index in [2.05, 4.69) is 0 Å². The normalized spacial score (nSPS) is 36.4. The number of phenolic OH excluding ortho intramolecular Hbond substituents is 1. The molecule has 40 heavy (non-hydrogen) atoms. The van der Waals surface area contributed by atoms with E-state index in [0.717, 1.165) is 23.8 Å². The van der Waals surface area contributed by atoms with Gasteiger partial charge in [-0.05, 0) is 68.2 Å². The van der Waals surface area contributed by atoms with Gasteiger partial charge in [-0.1, -0.05) is 31.6 Å². The monoisotopic (exact) mass is 584 g/mol. The van der Waals surface area contributed by atoms with Gasteiger partial charge in [0.25, 0.3) is 10.1 Å². The van der Waals surface area contributed by atoms with Gasteiger partial charge in [0.2, 0.25) is 5.78 Å². The van der Waals surface area contributed by atoms with Gasteiger partial charge in [0, 0.05) is 16.7 Å². The number of hydrogen-bond acceptors (Lipinski definition) is 9. The number of aromatic hydroxyl groups is 1. The number of carbonyl (C=O) groups is 3. The molecule has 0 spiro atoms. The molecule has 0 saturated heterocycles. The van der Waals surface area contributed by atoms with Crippen LogP contribution in [0.5, 0.6) is 5.75 Å². The molecule has 0 bridgehead atoms. The van der Waals surface area contributed by atoms with E-state index in [0.29, 0.717) is 19.3 Å². The first-order chi connectivity index (χ1) is 18.1. The average molecular weight is 585 g/mol. The van der Waals surface area contributed by atoms with Crippen LogP contribution in [0, 0.1) is 28.6 Å². The minimum absolute atomic E-state index is 0. The van der Waals surface area contributed by atoms with Crippen LogP contribution in [0.3, 0.4) is 0 Å². The van der Waals surface area contributed by atoms with Crippen LogP contribution < -0.4 is 29.6 Å². The van der Waals surface area contributed by atoms with Gasteiger partial charge in [0.05, 0.1) is 6.10 Å². The first kappa shape index (κ1) is 31.1. The number of hydrogen-bond donors (Lipinski definition) is 4. The van der Waals surface area contributed by atoms with Crippen LogP contribution in [0.1, 0.15) is 57.7 Å². The van der Waals surface area contributed by atoms with E-state index < -0.39 is 67.2 Å². The number of para-hydroxylation sites is 1. The van der Waals surface area contributed by atoms with E-state index in [1.807, 2.05) is 13.0 Å². The van der Waals surface area contributed by atoms with Gasteiger partial charge in [-0.15, -0.1) is 0 Å². The Bertz CT molecular complexity index is 1440. The predicted molar refractivity (Wildman–Crippen MR) is 137 cm³/mol. The Morgan fingerprint density at radius 2 is 1.90 bits per heavy atom. The van der Waals surface area contributed by atoms with E-state index in [1.54, 1.807) is 19.1 Å². The summed E-state index contributed by atoms with van der Waals surface area (Å²) in [5.41, 5.74) is -2.92. The zero-order valence-corrected chi connectivity index (χ0v) is 25.5. The number of rotatable bonds is 5. The fraction of sp³-hybridized carbons (Fsp3) is 0.536. The molecule has 4 N–H and O–H groups in total. The Hall–Kier alpha value is -1.86. The third-order valence-corrected chi connectivity index (χ3v) is 10.8. The molecule has 3 fully saturated rings. The van der Waals surface area contributed by atoms with Gasteiger partial charge in [-0.2, -0.15) is 8.42 Å². The maximum atomic E-state index is 13.4. The first-order valence-corrected chi connectivity index (χ1v) is 14.4. The van der Waals surface area contributed by atoms with Gasteiger partial charge in [0.1, 0.15) is 16.1 Å². The van der Waals surface area contributed by atoms with Crippen LogP contribution in [-0.4, -0.2) is 64.1 Å². The molecule has 3 saturated carbocycles. The predicted octanol–water partition coefficient (Wildman–Crippen LogP) is -0.509. The molecule has 0 amide bonds. The van der Waals surface area contributed by atoms with Crippen molar-refractivity contribution in [2.45, 2.75) is 62.6 Å². The standard InChI is InChI=1S/C28H32O10S.Na.H/c1-26-10-8-16(29)12-15(26)6-7-17-19-9-11-28(34,27(19,2)13-20(30)23(17)26)22(31)14-38-25(33)18-4-3-5-21(24(18)32)39(35,36)37;;/h3-5,8,10,12,17,19-20,23,30,32,34H,6-7,9,11,13-14H2,1-2H3,(H,35,36,37);;/q;+1;-1/t17-,19-,20-,23+,26-,27-,28-;;/m0../s1. The molecule has 0 heterocycles. The molecular formula is C28H33NaO10S. The van der Waals surface area contributed by atoms with Gasteiger partial charge < -0.3 is 21.5 Å². The Morgan fingerprint density at radius 1 is 1.20 bits per heavy atom. The van der Waals surface area contributed by atoms with Crippen molar-refractivity contribution < 1.29 is 78.4 Å². The van der Waals surface area contributed by atoms with Gasteiger partial charge in [-0.25, -0.2) is 4.79 Å². The van der Waals surface area contributed by atoms with E-state index in [1.165, 1.54) is 0 Å². The molecule has 0 aliphatic heterocycles. The van der Waals surface area contributed by atoms with Crippen LogP contribution in [0.15, 0.2) is 46.9 Å². The van der Waals surface area contributed by atoms with Crippen molar-refractivity contribution in [3.8, 4) is 5.75 Å². The fourth-order valence-electron chi connectivity index (χ4n) is 8.01. The summed E-state index contributed by atoms with van der Waals surface area (Å²) in [7, 11) is -4.81. The Labute approximate surface area is 256 Å². The maximum Gasteiger partial charge on any atom is 1.00 e. The average Bonchev–Trinajstić information content (AvgIpc) is 3.13. The van der Waals surface area contributed by atoms with E-state index in [4.69, 9.17) is 4.74 Å². The molecule has 1 aromatic rings. The van der Waals surface area contributed by atoms with Crippen LogP contribution in [-0.2, 0) is 24.4 Å². The summed E-state index contributed by atoms with van der Waals surface area (Å²) in [5.74, 6) is -3.28. The summed E-state index contributed by atoms with van der Waals surface area (Å²) >= 11 is 0. The number of phenols is 1. The van der Waals surface area contributed by atoms with Gasteiger partial charge >= 0.3 is 35.5 Å². The second kappa shape index (κ2) is 10.4. The smallest absolute Gasteiger partial charge is 1.00 e. The van der Waals surface area contributed by atoms with Crippen LogP contribution in [0.25, 0.3) is 0 Å². The van der Waals surface area contributed by atoms with Crippen molar-refractivity contribution in [3.63, 3.8) is 0 Å². The number of Topliss-reactive ketones (excluding diaryl/α,β-unsaturated/α-hetero) is 1. The number of fused-ring (bicyclic) bond motifs is 5. The Balaban J connectivity index is 0.00000231. The number of carbonyl (C=O) groups excluding carboxylic acids is 3. The molecule has 0 aromatic heterocycles. The molecule has 0 unspecified atom stereocenters. The first-order valence-electron chi connectivity index (χ1n) is 13.0. The fourth-order valence-corrected chi connectivity index (χ4v) is 8.62. The van der Waals surface area contributed by atoms with E-state index in [9.17, 15) is 42.7 Å². The molecule has 4 aliphatic carbocycles. The van der Waals surface area contributed by atoms with E-state index >= 15 is 0 Å². The second-order valence-corrected chi connectivity index (χ2v) is 13.1. The third kappa shape index (κ3) is 4.63. The number of benzene rings is 1. The summed E-state index contributed by atoms with van der Waals surface area (Å²) in [6, 6.07) is 3.11. The Kier molecular flexibility index (Phi) is 8.12. The number of ketones is 2. The summed E-state index contributed by atoms with van der Waals surface area (Å²) in [4.78, 5) is 37.1. The molecular weight excluding hydrogens is 551 g/mol. The van der Waals surface area contributed by atoms with Crippen molar-refractivity contribution in [1.29, 1.82) is 0 Å². The SMILES string of the molecule is C[C@]12C=CC(=O)C=C1CC[C@@H]1[C@@H]2[C@@H](O)C[C@@]2(C)[C@H]1CC[C@]2(O)C(=O)COC(=O)c1cccc(S(=O)(=O)O)c1O.[H-].[Na+]. The topological polar surface area (TPSA) is 175 Å². The third-order valence-electron chi connectivity index (χ3n) is 9.94. The molecule has 4 aliphatic rings. The molecule has 10 nitrogen and oxygen atoms in total. The zero-order valence-electron chi connectivity index (χ0n) is 23.7. The van der Waals surface area contributed by atoms with Crippen molar-refractivity contribution in [1.82, 2.24) is 0 Å². The number of aliphatic hydroxyl groups is 2. The molecule has 212 valence electrons. The minimum Gasteiger partial charge on any atom is -1.00 e.